The lowest BCUT2D eigenvalue weighted by Gasteiger charge is -2.20. The molecule has 0 aliphatic carbocycles. The molecule has 114 valence electrons. The van der Waals surface area contributed by atoms with Gasteiger partial charge in [0.25, 0.3) is 0 Å². The van der Waals surface area contributed by atoms with Crippen molar-refractivity contribution in [3.63, 3.8) is 0 Å². The van der Waals surface area contributed by atoms with Crippen LogP contribution in [-0.4, -0.2) is 6.54 Å². The third kappa shape index (κ3) is 3.76. The van der Waals surface area contributed by atoms with Gasteiger partial charge in [0, 0.05) is 12.0 Å². The Morgan fingerprint density at radius 2 is 1.67 bits per heavy atom. The molecule has 0 amide bonds. The molecule has 1 heterocycles. The standard InChI is InChI=1S/C19H27NO/c1-5-12-20-19(17-11-13-21-18(17)6-2)16-9-7-15(8-10-16)14(3)4/h7-11,13-14,19-20H,5-6,12H2,1-4H3. The third-order valence-corrected chi connectivity index (χ3v) is 3.95. The van der Waals surface area contributed by atoms with Crippen LogP contribution in [0.25, 0.3) is 0 Å². The van der Waals surface area contributed by atoms with Crippen LogP contribution in [0.4, 0.5) is 0 Å². The smallest absolute Gasteiger partial charge is 0.108 e. The molecule has 21 heavy (non-hydrogen) atoms. The summed E-state index contributed by atoms with van der Waals surface area (Å²) in [6.45, 7) is 9.80. The van der Waals surface area contributed by atoms with E-state index in [0.29, 0.717) is 5.92 Å². The first-order valence-corrected chi connectivity index (χ1v) is 8.06. The van der Waals surface area contributed by atoms with Crippen LogP contribution in [0.5, 0.6) is 0 Å². The van der Waals surface area contributed by atoms with Crippen LogP contribution in [0.3, 0.4) is 0 Å². The SMILES string of the molecule is CCCNC(c1ccc(C(C)C)cc1)c1ccoc1CC. The molecule has 0 radical (unpaired) electrons. The van der Waals surface area contributed by atoms with Crippen molar-refractivity contribution in [3.05, 3.63) is 59.0 Å². The second kappa shape index (κ2) is 7.46. The molecule has 0 saturated heterocycles. The number of aryl methyl sites for hydroxylation is 1. The molecule has 1 unspecified atom stereocenters. The molecule has 2 aromatic rings. The van der Waals surface area contributed by atoms with Crippen LogP contribution >= 0.6 is 0 Å². The van der Waals surface area contributed by atoms with E-state index in [1.165, 1.54) is 16.7 Å². The Morgan fingerprint density at radius 3 is 2.24 bits per heavy atom. The van der Waals surface area contributed by atoms with E-state index in [0.717, 1.165) is 25.1 Å². The Bertz CT molecular complexity index is 539. The minimum Gasteiger partial charge on any atom is -0.469 e. The van der Waals surface area contributed by atoms with Crippen molar-refractivity contribution >= 4 is 0 Å². The molecular formula is C19H27NO. The van der Waals surface area contributed by atoms with Crippen LogP contribution in [0.2, 0.25) is 0 Å². The molecule has 1 atom stereocenters. The average Bonchev–Trinajstić information content (AvgIpc) is 2.96. The largest absolute Gasteiger partial charge is 0.469 e. The number of benzene rings is 1. The van der Waals surface area contributed by atoms with Crippen LogP contribution in [0.15, 0.2) is 41.0 Å². The topological polar surface area (TPSA) is 25.2 Å². The van der Waals surface area contributed by atoms with Gasteiger partial charge in [-0.1, -0.05) is 52.0 Å². The van der Waals surface area contributed by atoms with Crippen molar-refractivity contribution in [2.45, 2.75) is 52.5 Å². The maximum Gasteiger partial charge on any atom is 0.108 e. The predicted molar refractivity (Wildman–Crippen MR) is 88.8 cm³/mol. The normalized spacial score (nSPS) is 12.8. The molecule has 0 aliphatic heterocycles. The van der Waals surface area contributed by atoms with Gasteiger partial charge in [-0.2, -0.15) is 0 Å². The zero-order chi connectivity index (χ0) is 15.2. The van der Waals surface area contributed by atoms with Gasteiger partial charge in [0.2, 0.25) is 0 Å². The molecule has 0 fully saturated rings. The van der Waals surface area contributed by atoms with E-state index in [9.17, 15) is 0 Å². The number of hydrogen-bond donors (Lipinski definition) is 1. The van der Waals surface area contributed by atoms with E-state index in [-0.39, 0.29) is 6.04 Å². The van der Waals surface area contributed by atoms with E-state index in [2.05, 4.69) is 63.3 Å². The lowest BCUT2D eigenvalue weighted by atomic mass is 9.95. The number of rotatable bonds is 7. The van der Waals surface area contributed by atoms with Gasteiger partial charge in [0.1, 0.15) is 5.76 Å². The minimum atomic E-state index is 0.222. The Hall–Kier alpha value is -1.54. The monoisotopic (exact) mass is 285 g/mol. The number of furan rings is 1. The van der Waals surface area contributed by atoms with Gasteiger partial charge in [-0.15, -0.1) is 0 Å². The summed E-state index contributed by atoms with van der Waals surface area (Å²) < 4.78 is 5.62. The molecule has 2 rings (SSSR count). The average molecular weight is 285 g/mol. The van der Waals surface area contributed by atoms with Crippen molar-refractivity contribution < 1.29 is 4.42 Å². The van der Waals surface area contributed by atoms with Gasteiger partial charge >= 0.3 is 0 Å². The van der Waals surface area contributed by atoms with Gasteiger partial charge in [-0.05, 0) is 36.1 Å². The Morgan fingerprint density at radius 1 is 1.00 bits per heavy atom. The van der Waals surface area contributed by atoms with Gasteiger partial charge in [-0.25, -0.2) is 0 Å². The van der Waals surface area contributed by atoms with Crippen molar-refractivity contribution in [3.8, 4) is 0 Å². The first-order valence-electron chi connectivity index (χ1n) is 8.06. The van der Waals surface area contributed by atoms with Gasteiger partial charge in [0.05, 0.1) is 12.3 Å². The van der Waals surface area contributed by atoms with Crippen molar-refractivity contribution in [1.82, 2.24) is 5.32 Å². The highest BCUT2D eigenvalue weighted by Gasteiger charge is 2.18. The molecule has 0 spiro atoms. The molecule has 1 aromatic carbocycles. The van der Waals surface area contributed by atoms with Gasteiger partial charge in [-0.3, -0.25) is 0 Å². The molecule has 0 aliphatic rings. The highest BCUT2D eigenvalue weighted by Crippen LogP contribution is 2.27. The Labute approximate surface area is 128 Å². The molecular weight excluding hydrogens is 258 g/mol. The second-order valence-electron chi connectivity index (χ2n) is 5.86. The van der Waals surface area contributed by atoms with E-state index >= 15 is 0 Å². The zero-order valence-corrected chi connectivity index (χ0v) is 13.6. The predicted octanol–water partition coefficient (Wildman–Crippen LogP) is 5.05. The van der Waals surface area contributed by atoms with Crippen LogP contribution in [0, 0.1) is 0 Å². The van der Waals surface area contributed by atoms with Crippen molar-refractivity contribution in [1.29, 1.82) is 0 Å². The summed E-state index contributed by atoms with van der Waals surface area (Å²) >= 11 is 0. The minimum absolute atomic E-state index is 0.222. The lowest BCUT2D eigenvalue weighted by Crippen LogP contribution is -2.23. The summed E-state index contributed by atoms with van der Waals surface area (Å²) in [5, 5.41) is 3.65. The third-order valence-electron chi connectivity index (χ3n) is 3.95. The van der Waals surface area contributed by atoms with Crippen LogP contribution in [0.1, 0.15) is 68.5 Å². The summed E-state index contributed by atoms with van der Waals surface area (Å²) in [7, 11) is 0. The summed E-state index contributed by atoms with van der Waals surface area (Å²) in [5.74, 6) is 1.65. The maximum atomic E-state index is 5.62. The maximum absolute atomic E-state index is 5.62. The molecule has 2 heteroatoms. The van der Waals surface area contributed by atoms with Gasteiger partial charge < -0.3 is 9.73 Å². The summed E-state index contributed by atoms with van der Waals surface area (Å²) in [4.78, 5) is 0. The highest BCUT2D eigenvalue weighted by atomic mass is 16.3. The fraction of sp³-hybridized carbons (Fsp3) is 0.474. The molecule has 0 saturated carbocycles. The van der Waals surface area contributed by atoms with E-state index in [4.69, 9.17) is 4.42 Å². The van der Waals surface area contributed by atoms with Crippen LogP contribution in [-0.2, 0) is 6.42 Å². The summed E-state index contributed by atoms with van der Waals surface area (Å²) in [6, 6.07) is 11.3. The Kier molecular flexibility index (Phi) is 5.63. The molecule has 2 nitrogen and oxygen atoms in total. The quantitative estimate of drug-likeness (QED) is 0.769. The summed E-state index contributed by atoms with van der Waals surface area (Å²) in [5.41, 5.74) is 3.96. The fourth-order valence-corrected chi connectivity index (χ4v) is 2.66. The molecule has 1 N–H and O–H groups in total. The second-order valence-corrected chi connectivity index (χ2v) is 5.86. The Balaban J connectivity index is 2.31. The van der Waals surface area contributed by atoms with Crippen LogP contribution < -0.4 is 5.32 Å². The van der Waals surface area contributed by atoms with Gasteiger partial charge in [0.15, 0.2) is 0 Å². The first-order chi connectivity index (χ1) is 10.2. The van der Waals surface area contributed by atoms with E-state index in [1.807, 2.05) is 0 Å². The van der Waals surface area contributed by atoms with Crippen molar-refractivity contribution in [2.24, 2.45) is 0 Å². The van der Waals surface area contributed by atoms with E-state index < -0.39 is 0 Å². The van der Waals surface area contributed by atoms with Crippen molar-refractivity contribution in [2.75, 3.05) is 6.54 Å². The fourth-order valence-electron chi connectivity index (χ4n) is 2.66. The number of nitrogens with one attached hydrogen (secondary N) is 1. The highest BCUT2D eigenvalue weighted by molar-refractivity contribution is 5.35. The first kappa shape index (κ1) is 15.8. The lowest BCUT2D eigenvalue weighted by molar-refractivity contribution is 0.500. The molecule has 1 aromatic heterocycles. The van der Waals surface area contributed by atoms with E-state index in [1.54, 1.807) is 6.26 Å². The number of hydrogen-bond acceptors (Lipinski definition) is 2. The summed E-state index contributed by atoms with van der Waals surface area (Å²) in [6.07, 6.45) is 3.86. The molecule has 0 bridgehead atoms. The zero-order valence-electron chi connectivity index (χ0n) is 13.6.